The van der Waals surface area contributed by atoms with E-state index in [0.29, 0.717) is 21.8 Å². The molecule has 30 heavy (non-hydrogen) atoms. The first kappa shape index (κ1) is 20.9. The van der Waals surface area contributed by atoms with Crippen molar-refractivity contribution < 1.29 is 17.4 Å². The van der Waals surface area contributed by atoms with Crippen LogP contribution in [0.25, 0.3) is 21.8 Å². The molecule has 10 heteroatoms. The number of benzene rings is 1. The number of hydrogen-bond donors (Lipinski definition) is 0. The largest absolute Gasteiger partial charge is 0.416 e. The Bertz CT molecular complexity index is 1080. The van der Waals surface area contributed by atoms with E-state index < -0.39 is 22.5 Å². The van der Waals surface area contributed by atoms with Crippen LogP contribution in [0.15, 0.2) is 41.7 Å². The van der Waals surface area contributed by atoms with E-state index in [1.807, 2.05) is 0 Å². The van der Waals surface area contributed by atoms with Crippen molar-refractivity contribution in [1.82, 2.24) is 15.0 Å². The highest BCUT2D eigenvalue weighted by Crippen LogP contribution is 2.41. The Kier molecular flexibility index (Phi) is 5.88. The SMILES string of the molecule is CS(=O)c1nccc(-c2sc(N3CCCCC3)nc2-c2cccc(C(F)(F)F)c2)n1. The van der Waals surface area contributed by atoms with Crippen LogP contribution in [0, 0.1) is 0 Å². The first-order valence-corrected chi connectivity index (χ1v) is 11.8. The molecule has 1 fully saturated rings. The summed E-state index contributed by atoms with van der Waals surface area (Å²) in [5.41, 5.74) is 0.593. The lowest BCUT2D eigenvalue weighted by molar-refractivity contribution is -0.137. The van der Waals surface area contributed by atoms with Crippen LogP contribution in [-0.2, 0) is 17.0 Å². The van der Waals surface area contributed by atoms with E-state index in [9.17, 15) is 17.4 Å². The van der Waals surface area contributed by atoms with Crippen molar-refractivity contribution in [3.63, 3.8) is 0 Å². The lowest BCUT2D eigenvalue weighted by atomic mass is 10.1. The van der Waals surface area contributed by atoms with Crippen molar-refractivity contribution in [2.75, 3.05) is 24.2 Å². The third kappa shape index (κ3) is 4.39. The Balaban J connectivity index is 1.85. The van der Waals surface area contributed by atoms with Gasteiger partial charge < -0.3 is 4.90 Å². The monoisotopic (exact) mass is 452 g/mol. The molecule has 4 rings (SSSR count). The van der Waals surface area contributed by atoms with Gasteiger partial charge in [-0.3, -0.25) is 4.21 Å². The van der Waals surface area contributed by atoms with Crippen LogP contribution in [0.3, 0.4) is 0 Å². The van der Waals surface area contributed by atoms with Crippen molar-refractivity contribution in [2.45, 2.75) is 30.6 Å². The minimum atomic E-state index is -4.44. The van der Waals surface area contributed by atoms with Gasteiger partial charge in [0.2, 0.25) is 5.16 Å². The number of nitrogens with zero attached hydrogens (tertiary/aromatic N) is 4. The van der Waals surface area contributed by atoms with Crippen molar-refractivity contribution in [1.29, 1.82) is 0 Å². The summed E-state index contributed by atoms with van der Waals surface area (Å²) in [5, 5.41) is 0.935. The van der Waals surface area contributed by atoms with Crippen molar-refractivity contribution in [2.24, 2.45) is 0 Å². The van der Waals surface area contributed by atoms with Gasteiger partial charge in [-0.2, -0.15) is 13.2 Å². The molecule has 1 aliphatic rings. The molecule has 1 aliphatic heterocycles. The standard InChI is InChI=1S/C20H19F3N4OS2/c1-30(28)18-24-9-8-15(25-18)17-16(13-6-5-7-14(12-13)20(21,22)23)26-19(29-17)27-10-3-2-4-11-27/h5-9,12H,2-4,10-11H2,1H3. The molecule has 158 valence electrons. The molecule has 3 aromatic rings. The Labute approximate surface area is 178 Å². The van der Waals surface area contributed by atoms with Gasteiger partial charge in [-0.1, -0.05) is 23.5 Å². The van der Waals surface area contributed by atoms with Gasteiger partial charge in [0.05, 0.1) is 32.6 Å². The Morgan fingerprint density at radius 1 is 1.10 bits per heavy atom. The molecule has 5 nitrogen and oxygen atoms in total. The number of piperidine rings is 1. The van der Waals surface area contributed by atoms with Crippen molar-refractivity contribution in [3.8, 4) is 21.8 Å². The highest BCUT2D eigenvalue weighted by Gasteiger charge is 2.31. The zero-order valence-electron chi connectivity index (χ0n) is 16.1. The number of alkyl halides is 3. The predicted molar refractivity (Wildman–Crippen MR) is 112 cm³/mol. The van der Waals surface area contributed by atoms with Crippen LogP contribution >= 0.6 is 11.3 Å². The summed E-state index contributed by atoms with van der Waals surface area (Å²) < 4.78 is 51.6. The van der Waals surface area contributed by atoms with Gasteiger partial charge in [0.25, 0.3) is 0 Å². The van der Waals surface area contributed by atoms with Gasteiger partial charge in [0, 0.05) is 31.1 Å². The number of aromatic nitrogens is 3. The number of anilines is 1. The molecule has 0 saturated carbocycles. The van der Waals surface area contributed by atoms with E-state index in [-0.39, 0.29) is 5.16 Å². The first-order valence-electron chi connectivity index (χ1n) is 9.43. The summed E-state index contributed by atoms with van der Waals surface area (Å²) in [6.45, 7) is 1.73. The van der Waals surface area contributed by atoms with Gasteiger partial charge in [-0.15, -0.1) is 0 Å². The second-order valence-corrected chi connectivity index (χ2v) is 9.23. The number of rotatable bonds is 4. The van der Waals surface area contributed by atoms with Gasteiger partial charge in [-0.05, 0) is 37.5 Å². The molecular weight excluding hydrogens is 433 g/mol. The van der Waals surface area contributed by atoms with E-state index in [1.54, 1.807) is 12.1 Å². The smallest absolute Gasteiger partial charge is 0.348 e. The van der Waals surface area contributed by atoms with Gasteiger partial charge in [0.15, 0.2) is 5.13 Å². The normalized spacial score (nSPS) is 15.9. The molecule has 0 N–H and O–H groups in total. The molecular formula is C20H19F3N4OS2. The highest BCUT2D eigenvalue weighted by atomic mass is 32.2. The van der Waals surface area contributed by atoms with Crippen LogP contribution in [0.2, 0.25) is 0 Å². The average molecular weight is 453 g/mol. The first-order chi connectivity index (χ1) is 14.3. The van der Waals surface area contributed by atoms with Crippen LogP contribution in [0.1, 0.15) is 24.8 Å². The summed E-state index contributed by atoms with van der Waals surface area (Å²) in [5.74, 6) is 0. The van der Waals surface area contributed by atoms with E-state index >= 15 is 0 Å². The Morgan fingerprint density at radius 3 is 2.57 bits per heavy atom. The van der Waals surface area contributed by atoms with E-state index in [0.717, 1.165) is 49.6 Å². The quantitative estimate of drug-likeness (QED) is 0.521. The van der Waals surface area contributed by atoms with Gasteiger partial charge >= 0.3 is 6.18 Å². The lowest BCUT2D eigenvalue weighted by Gasteiger charge is -2.25. The number of halogens is 3. The van der Waals surface area contributed by atoms with E-state index in [2.05, 4.69) is 14.9 Å². The maximum atomic E-state index is 13.3. The fraction of sp³-hybridized carbons (Fsp3) is 0.350. The minimum absolute atomic E-state index is 0.176. The van der Waals surface area contributed by atoms with Crippen molar-refractivity contribution >= 4 is 27.3 Å². The zero-order valence-corrected chi connectivity index (χ0v) is 17.8. The van der Waals surface area contributed by atoms with E-state index in [4.69, 9.17) is 4.98 Å². The highest BCUT2D eigenvalue weighted by molar-refractivity contribution is 7.84. The Hall–Kier alpha value is -2.33. The molecule has 0 spiro atoms. The van der Waals surface area contributed by atoms with Crippen LogP contribution in [0.5, 0.6) is 0 Å². The maximum absolute atomic E-state index is 13.3. The second kappa shape index (κ2) is 8.43. The fourth-order valence-electron chi connectivity index (χ4n) is 3.35. The lowest BCUT2D eigenvalue weighted by Crippen LogP contribution is -2.29. The molecule has 0 radical (unpaired) electrons. The molecule has 3 heterocycles. The Morgan fingerprint density at radius 2 is 1.87 bits per heavy atom. The molecule has 1 atom stereocenters. The van der Waals surface area contributed by atoms with Gasteiger partial charge in [0.1, 0.15) is 0 Å². The predicted octanol–water partition coefficient (Wildman–Crippen LogP) is 5.01. The molecule has 2 aromatic heterocycles. The zero-order chi connectivity index (χ0) is 21.3. The maximum Gasteiger partial charge on any atom is 0.416 e. The summed E-state index contributed by atoms with van der Waals surface area (Å²) >= 11 is 1.39. The third-order valence-corrected chi connectivity index (χ3v) is 6.68. The molecule has 1 saturated heterocycles. The van der Waals surface area contributed by atoms with E-state index in [1.165, 1.54) is 29.9 Å². The minimum Gasteiger partial charge on any atom is -0.348 e. The summed E-state index contributed by atoms with van der Waals surface area (Å²) in [4.78, 5) is 15.9. The van der Waals surface area contributed by atoms with Crippen molar-refractivity contribution in [3.05, 3.63) is 42.1 Å². The summed E-state index contributed by atoms with van der Waals surface area (Å²) in [6.07, 6.45) is 1.82. The van der Waals surface area contributed by atoms with Crippen LogP contribution < -0.4 is 4.90 Å². The molecule has 0 bridgehead atoms. The fourth-order valence-corrected chi connectivity index (χ4v) is 4.89. The second-order valence-electron chi connectivity index (χ2n) is 6.98. The third-order valence-electron chi connectivity index (χ3n) is 4.83. The topological polar surface area (TPSA) is 59.0 Å². The van der Waals surface area contributed by atoms with Gasteiger partial charge in [-0.25, -0.2) is 15.0 Å². The number of thiazole rings is 1. The average Bonchev–Trinajstić information content (AvgIpc) is 3.19. The number of hydrogen-bond acceptors (Lipinski definition) is 6. The summed E-state index contributed by atoms with van der Waals surface area (Å²) in [6, 6.07) is 6.83. The molecule has 1 unspecified atom stereocenters. The molecule has 0 aliphatic carbocycles. The molecule has 1 aromatic carbocycles. The molecule has 0 amide bonds. The summed E-state index contributed by atoms with van der Waals surface area (Å²) in [7, 11) is -1.37. The van der Waals surface area contributed by atoms with Crippen LogP contribution in [0.4, 0.5) is 18.3 Å². The van der Waals surface area contributed by atoms with Crippen LogP contribution in [-0.4, -0.2) is 38.5 Å².